The summed E-state index contributed by atoms with van der Waals surface area (Å²) in [6.45, 7) is 6.16. The van der Waals surface area contributed by atoms with Gasteiger partial charge in [0.15, 0.2) is 5.58 Å². The van der Waals surface area contributed by atoms with E-state index < -0.39 is 6.50 Å². The topological polar surface area (TPSA) is 32.5 Å². The first-order chi connectivity index (χ1) is 13.8. The van der Waals surface area contributed by atoms with Crippen molar-refractivity contribution in [1.82, 2.24) is 4.98 Å². The number of nitrogens with zero attached hydrogens (tertiary/aromatic N) is 3. The lowest BCUT2D eigenvalue weighted by molar-refractivity contribution is 0.643. The van der Waals surface area contributed by atoms with Crippen LogP contribution in [0.5, 0.6) is 0 Å². The highest BCUT2D eigenvalue weighted by Gasteiger charge is 2.35. The van der Waals surface area contributed by atoms with Gasteiger partial charge in [-0.2, -0.15) is 0 Å². The summed E-state index contributed by atoms with van der Waals surface area (Å²) >= 11 is 0. The summed E-state index contributed by atoms with van der Waals surface area (Å²) in [5.41, 5.74) is 6.24. The molecule has 2 aromatic carbocycles. The fraction of sp³-hybridized carbons (Fsp3) is 0.261. The van der Waals surface area contributed by atoms with Crippen molar-refractivity contribution in [3.05, 3.63) is 59.8 Å². The molecule has 27 heavy (non-hydrogen) atoms. The number of hydrogen-bond acceptors (Lipinski definition) is 4. The van der Waals surface area contributed by atoms with Gasteiger partial charge in [0.1, 0.15) is 6.17 Å². The molecule has 3 heterocycles. The van der Waals surface area contributed by atoms with Crippen molar-refractivity contribution in [2.45, 2.75) is 33.9 Å². The Morgan fingerprint density at radius 1 is 1.04 bits per heavy atom. The number of aromatic nitrogens is 1. The summed E-state index contributed by atoms with van der Waals surface area (Å²) in [6.07, 6.45) is -0.209. The molecule has 0 amide bonds. The van der Waals surface area contributed by atoms with Gasteiger partial charge in [0.05, 0.1) is 17.1 Å². The third-order valence-electron chi connectivity index (χ3n) is 5.45. The van der Waals surface area contributed by atoms with Crippen LogP contribution in [-0.2, 0) is 0 Å². The van der Waals surface area contributed by atoms with E-state index in [2.05, 4.69) is 35.0 Å². The molecule has 4 heteroatoms. The van der Waals surface area contributed by atoms with Gasteiger partial charge in [-0.3, -0.25) is 0 Å². The zero-order valence-corrected chi connectivity index (χ0v) is 15.9. The van der Waals surface area contributed by atoms with E-state index >= 15 is 0 Å². The number of hydrogen-bond donors (Lipinski definition) is 0. The van der Waals surface area contributed by atoms with Gasteiger partial charge in [-0.15, -0.1) is 0 Å². The first-order valence-corrected chi connectivity index (χ1v) is 9.24. The average Bonchev–Trinajstić information content (AvgIpc) is 3.15. The molecular weight excluding hydrogens is 334 g/mol. The van der Waals surface area contributed by atoms with Crippen LogP contribution in [-0.4, -0.2) is 17.6 Å². The van der Waals surface area contributed by atoms with E-state index in [1.54, 1.807) is 6.92 Å². The summed E-state index contributed by atoms with van der Waals surface area (Å²) in [5.74, 6) is 0. The molecule has 0 saturated carbocycles. The minimum atomic E-state index is -1.50. The van der Waals surface area contributed by atoms with Crippen LogP contribution < -0.4 is 9.80 Å². The van der Waals surface area contributed by atoms with Crippen LogP contribution in [0.2, 0.25) is 0 Å². The molecule has 4 nitrogen and oxygen atoms in total. The number of anilines is 3. The fourth-order valence-electron chi connectivity index (χ4n) is 4.20. The molecular formula is C23H23N3O. The summed E-state index contributed by atoms with van der Waals surface area (Å²) in [5, 5.41) is 2.02. The quantitative estimate of drug-likeness (QED) is 0.444. The van der Waals surface area contributed by atoms with Gasteiger partial charge in [0.2, 0.25) is 5.71 Å². The fourth-order valence-corrected chi connectivity index (χ4v) is 4.20. The van der Waals surface area contributed by atoms with Crippen LogP contribution in [0.15, 0.2) is 52.9 Å². The third-order valence-corrected chi connectivity index (χ3v) is 5.45. The molecule has 1 aliphatic heterocycles. The zero-order valence-electron chi connectivity index (χ0n) is 17.9. The Bertz CT molecular complexity index is 1260. The van der Waals surface area contributed by atoms with E-state index in [1.807, 2.05) is 49.1 Å². The zero-order chi connectivity index (χ0) is 20.5. The second-order valence-corrected chi connectivity index (χ2v) is 7.10. The van der Waals surface area contributed by atoms with Crippen molar-refractivity contribution in [3.8, 4) is 0 Å². The van der Waals surface area contributed by atoms with Gasteiger partial charge in [-0.1, -0.05) is 24.3 Å². The van der Waals surface area contributed by atoms with Crippen molar-refractivity contribution in [2.75, 3.05) is 16.3 Å². The number of fused-ring (bicyclic) bond motifs is 4. The minimum Gasteiger partial charge on any atom is -0.435 e. The number of rotatable bonds is 2. The first kappa shape index (κ1) is 14.1. The van der Waals surface area contributed by atoms with Crippen molar-refractivity contribution < 1.29 is 7.16 Å². The number of para-hydroxylation sites is 2. The molecule has 4 aromatic rings. The Labute approximate surface area is 161 Å². The molecule has 0 N–H and O–H groups in total. The van der Waals surface area contributed by atoms with Crippen LogP contribution in [0.1, 0.15) is 27.8 Å². The van der Waals surface area contributed by atoms with Crippen molar-refractivity contribution in [1.29, 1.82) is 0 Å². The molecule has 0 radical (unpaired) electrons. The van der Waals surface area contributed by atoms with Crippen LogP contribution >= 0.6 is 0 Å². The largest absolute Gasteiger partial charge is 0.435 e. The monoisotopic (exact) mass is 359 g/mol. The van der Waals surface area contributed by atoms with Gasteiger partial charge in [-0.05, 0) is 57.5 Å². The summed E-state index contributed by atoms with van der Waals surface area (Å²) < 4.78 is 23.1. The molecule has 2 aromatic heterocycles. The minimum absolute atomic E-state index is 0.209. The van der Waals surface area contributed by atoms with Gasteiger partial charge in [0, 0.05) is 25.7 Å². The van der Waals surface area contributed by atoms with E-state index in [-0.39, 0.29) is 6.17 Å². The highest BCUT2D eigenvalue weighted by molar-refractivity contribution is 6.10. The molecule has 0 aliphatic carbocycles. The van der Waals surface area contributed by atoms with E-state index in [4.69, 9.17) is 7.16 Å². The number of aryl methyl sites for hydroxylation is 2. The Balaban J connectivity index is 1.81. The summed E-state index contributed by atoms with van der Waals surface area (Å²) in [6, 6.07) is 16.2. The molecule has 5 rings (SSSR count). The van der Waals surface area contributed by atoms with E-state index in [0.29, 0.717) is 5.71 Å². The molecule has 0 unspecified atom stereocenters. The van der Waals surface area contributed by atoms with Crippen molar-refractivity contribution in [3.63, 3.8) is 0 Å². The number of furan rings is 1. The van der Waals surface area contributed by atoms with E-state index in [1.165, 1.54) is 0 Å². The predicted octanol–water partition coefficient (Wildman–Crippen LogP) is 5.92. The summed E-state index contributed by atoms with van der Waals surface area (Å²) in [7, 11) is 0. The van der Waals surface area contributed by atoms with Crippen LogP contribution in [0, 0.1) is 13.8 Å². The van der Waals surface area contributed by atoms with Crippen molar-refractivity contribution in [2.24, 2.45) is 0 Å². The highest BCUT2D eigenvalue weighted by Crippen LogP contribution is 2.48. The maximum atomic E-state index is 8.40. The Hall–Kier alpha value is -3.01. The molecule has 0 saturated heterocycles. The molecule has 0 fully saturated rings. The Kier molecular flexibility index (Phi) is 3.00. The lowest BCUT2D eigenvalue weighted by Gasteiger charge is -2.30. The van der Waals surface area contributed by atoms with Gasteiger partial charge in [-0.25, -0.2) is 4.98 Å². The lowest BCUT2D eigenvalue weighted by Crippen LogP contribution is -2.38. The van der Waals surface area contributed by atoms with Crippen LogP contribution in [0.3, 0.4) is 0 Å². The molecule has 0 spiro atoms. The average molecular weight is 359 g/mol. The van der Waals surface area contributed by atoms with Gasteiger partial charge < -0.3 is 14.2 Å². The standard InChI is InChI=1S/C23H23N3O/c1-5-25-16(4)26(20-9-7-6-8-19(20)25)21-14(2)10-12-17-18-13-11-15(3)24-23(18)27-22(17)21/h6-13,16H,5H2,1-4H3/t16-/m0/s1/i5D2. The predicted molar refractivity (Wildman–Crippen MR) is 112 cm³/mol. The smallest absolute Gasteiger partial charge is 0.227 e. The summed E-state index contributed by atoms with van der Waals surface area (Å²) in [4.78, 5) is 8.58. The van der Waals surface area contributed by atoms with Gasteiger partial charge >= 0.3 is 0 Å². The van der Waals surface area contributed by atoms with E-state index in [9.17, 15) is 0 Å². The molecule has 136 valence electrons. The molecule has 1 atom stereocenters. The third kappa shape index (κ3) is 2.19. The SMILES string of the molecule is [2H]C([2H])(C)N1c2ccccc2N(c2c(C)ccc3c2oc2nc(C)ccc23)[C@H]1C. The lowest BCUT2D eigenvalue weighted by atomic mass is 10.1. The van der Waals surface area contributed by atoms with Crippen molar-refractivity contribution >= 4 is 39.1 Å². The van der Waals surface area contributed by atoms with Crippen LogP contribution in [0.4, 0.5) is 17.1 Å². The number of benzene rings is 2. The second-order valence-electron chi connectivity index (χ2n) is 7.10. The molecule has 1 aliphatic rings. The van der Waals surface area contributed by atoms with Gasteiger partial charge in [0.25, 0.3) is 0 Å². The Morgan fingerprint density at radius 2 is 1.78 bits per heavy atom. The first-order valence-electron chi connectivity index (χ1n) is 10.2. The van der Waals surface area contributed by atoms with Crippen LogP contribution in [0.25, 0.3) is 22.1 Å². The second kappa shape index (κ2) is 5.74. The number of pyridine rings is 1. The Morgan fingerprint density at radius 3 is 2.56 bits per heavy atom. The normalized spacial score (nSPS) is 18.1. The maximum absolute atomic E-state index is 8.40. The highest BCUT2D eigenvalue weighted by atomic mass is 16.3. The van der Waals surface area contributed by atoms with E-state index in [0.717, 1.165) is 44.7 Å². The molecule has 0 bridgehead atoms. The maximum Gasteiger partial charge on any atom is 0.227 e.